The first-order chi connectivity index (χ1) is 9.39. The third-order valence-electron chi connectivity index (χ3n) is 2.96. The van der Waals surface area contributed by atoms with Crippen LogP contribution in [0.1, 0.15) is 23.8 Å². The molecule has 4 N–H and O–H groups in total. The number of aromatic nitrogens is 1. The molecule has 0 aliphatic rings. The van der Waals surface area contributed by atoms with E-state index < -0.39 is 35.3 Å². The maximum Gasteiger partial charge on any atom is 0.354 e. The Balaban J connectivity index is 3.29. The number of carbonyl (C=O) groups is 1. The predicted molar refractivity (Wildman–Crippen MR) is 68.7 cm³/mol. The maximum atomic E-state index is 10.9. The molecule has 0 bridgehead atoms. The number of carboxylic acids is 1. The van der Waals surface area contributed by atoms with E-state index in [1.807, 2.05) is 0 Å². The molecule has 0 aliphatic heterocycles. The summed E-state index contributed by atoms with van der Waals surface area (Å²) in [6.07, 6.45) is 0.260. The first-order valence-corrected chi connectivity index (χ1v) is 5.77. The second-order valence-electron chi connectivity index (χ2n) is 4.20. The number of nitrogens with one attached hydrogen (secondary N) is 1. The van der Waals surface area contributed by atoms with Gasteiger partial charge in [0.1, 0.15) is 0 Å². The number of aromatic carboxylic acids is 1. The summed E-state index contributed by atoms with van der Waals surface area (Å²) >= 11 is 0. The average molecular weight is 285 g/mol. The van der Waals surface area contributed by atoms with Crippen LogP contribution in [0.3, 0.4) is 0 Å². The van der Waals surface area contributed by atoms with Crippen LogP contribution >= 0.6 is 0 Å². The zero-order valence-corrected chi connectivity index (χ0v) is 10.7. The topological polar surface area (TPSA) is 146 Å². The van der Waals surface area contributed by atoms with E-state index in [2.05, 4.69) is 10.3 Å². The Bertz CT molecular complexity index is 507. The predicted octanol–water partition coefficient (Wildman–Crippen LogP) is 0.233. The second-order valence-corrected chi connectivity index (χ2v) is 4.20. The van der Waals surface area contributed by atoms with Gasteiger partial charge in [-0.25, -0.2) is 9.78 Å². The number of pyridine rings is 1. The Morgan fingerprint density at radius 3 is 2.45 bits per heavy atom. The van der Waals surface area contributed by atoms with Crippen molar-refractivity contribution in [3.63, 3.8) is 0 Å². The molecule has 0 spiro atoms. The van der Waals surface area contributed by atoms with E-state index in [9.17, 15) is 25.1 Å². The summed E-state index contributed by atoms with van der Waals surface area (Å²) in [6, 6.07) is 2.02. The SMILES string of the molecule is CCC(CO)(CO)Nc1nc(C(=O)O)ccc1[N+](=O)[O-]. The van der Waals surface area contributed by atoms with Crippen LogP contribution in [0, 0.1) is 10.1 Å². The molecule has 0 aliphatic carbocycles. The zero-order valence-electron chi connectivity index (χ0n) is 10.7. The molecule has 0 fully saturated rings. The van der Waals surface area contributed by atoms with Crippen LogP contribution in [0.25, 0.3) is 0 Å². The van der Waals surface area contributed by atoms with Gasteiger partial charge in [0.25, 0.3) is 0 Å². The van der Waals surface area contributed by atoms with Crippen molar-refractivity contribution in [3.05, 3.63) is 27.9 Å². The molecule has 1 rings (SSSR count). The Kier molecular flexibility index (Phi) is 4.94. The number of hydrogen-bond donors (Lipinski definition) is 4. The van der Waals surface area contributed by atoms with Gasteiger partial charge in [0.2, 0.25) is 5.82 Å². The molecule has 9 nitrogen and oxygen atoms in total. The van der Waals surface area contributed by atoms with Gasteiger partial charge >= 0.3 is 11.7 Å². The number of nitro groups is 1. The molecule has 0 atom stereocenters. The molecule has 0 aromatic carbocycles. The molecule has 0 amide bonds. The summed E-state index contributed by atoms with van der Waals surface area (Å²) in [4.78, 5) is 24.7. The minimum atomic E-state index is -1.34. The van der Waals surface area contributed by atoms with Crippen LogP contribution in [0.15, 0.2) is 12.1 Å². The normalized spacial score (nSPS) is 11.2. The summed E-state index contributed by atoms with van der Waals surface area (Å²) in [6.45, 7) is 0.679. The number of aliphatic hydroxyl groups is 2. The molecule has 1 aromatic rings. The largest absolute Gasteiger partial charge is 0.477 e. The van der Waals surface area contributed by atoms with Crippen molar-refractivity contribution in [2.45, 2.75) is 18.9 Å². The first-order valence-electron chi connectivity index (χ1n) is 5.77. The van der Waals surface area contributed by atoms with E-state index in [0.717, 1.165) is 12.1 Å². The van der Waals surface area contributed by atoms with E-state index >= 15 is 0 Å². The molecule has 20 heavy (non-hydrogen) atoms. The summed E-state index contributed by atoms with van der Waals surface area (Å²) in [5.74, 6) is -1.64. The highest BCUT2D eigenvalue weighted by atomic mass is 16.6. The number of hydrogen-bond acceptors (Lipinski definition) is 7. The minimum absolute atomic E-state index is 0.260. The van der Waals surface area contributed by atoms with Crippen LogP contribution in [-0.4, -0.2) is 49.9 Å². The molecule has 0 saturated heterocycles. The fraction of sp³-hybridized carbons (Fsp3) is 0.455. The van der Waals surface area contributed by atoms with Crippen LogP contribution in [-0.2, 0) is 0 Å². The quantitative estimate of drug-likeness (QED) is 0.411. The van der Waals surface area contributed by atoms with Gasteiger partial charge in [-0.2, -0.15) is 0 Å². The van der Waals surface area contributed by atoms with Crippen LogP contribution < -0.4 is 5.32 Å². The van der Waals surface area contributed by atoms with Crippen molar-refractivity contribution in [1.82, 2.24) is 4.98 Å². The van der Waals surface area contributed by atoms with Gasteiger partial charge in [0, 0.05) is 6.07 Å². The van der Waals surface area contributed by atoms with Gasteiger partial charge in [0.05, 0.1) is 23.7 Å². The molecule has 110 valence electrons. The second kappa shape index (κ2) is 6.26. The number of rotatable bonds is 7. The van der Waals surface area contributed by atoms with Crippen LogP contribution in [0.4, 0.5) is 11.5 Å². The fourth-order valence-electron chi connectivity index (χ4n) is 1.50. The molecule has 0 saturated carbocycles. The average Bonchev–Trinajstić information content (AvgIpc) is 2.44. The van der Waals surface area contributed by atoms with Gasteiger partial charge in [-0.05, 0) is 12.5 Å². The Hall–Kier alpha value is -2.26. The van der Waals surface area contributed by atoms with Gasteiger partial charge in [-0.1, -0.05) is 6.92 Å². The third-order valence-corrected chi connectivity index (χ3v) is 2.96. The van der Waals surface area contributed by atoms with Crippen molar-refractivity contribution in [2.24, 2.45) is 0 Å². The highest BCUT2D eigenvalue weighted by molar-refractivity contribution is 5.86. The van der Waals surface area contributed by atoms with Crippen molar-refractivity contribution in [1.29, 1.82) is 0 Å². The molecular weight excluding hydrogens is 270 g/mol. The number of aliphatic hydroxyl groups excluding tert-OH is 2. The summed E-state index contributed by atoms with van der Waals surface area (Å²) in [7, 11) is 0. The number of nitrogens with zero attached hydrogens (tertiary/aromatic N) is 2. The van der Waals surface area contributed by atoms with Crippen molar-refractivity contribution < 1.29 is 25.0 Å². The monoisotopic (exact) mass is 285 g/mol. The molecule has 0 unspecified atom stereocenters. The van der Waals surface area contributed by atoms with Gasteiger partial charge in [-0.15, -0.1) is 0 Å². The Morgan fingerprint density at radius 2 is 2.05 bits per heavy atom. The number of anilines is 1. The lowest BCUT2D eigenvalue weighted by Crippen LogP contribution is -2.45. The lowest BCUT2D eigenvalue weighted by Gasteiger charge is -2.30. The molecule has 1 heterocycles. The van der Waals surface area contributed by atoms with Crippen LogP contribution in [0.2, 0.25) is 0 Å². The van der Waals surface area contributed by atoms with Gasteiger partial charge in [-0.3, -0.25) is 10.1 Å². The van der Waals surface area contributed by atoms with Crippen molar-refractivity contribution in [3.8, 4) is 0 Å². The fourth-order valence-corrected chi connectivity index (χ4v) is 1.50. The van der Waals surface area contributed by atoms with Gasteiger partial charge in [0.15, 0.2) is 5.69 Å². The highest BCUT2D eigenvalue weighted by Crippen LogP contribution is 2.26. The maximum absolute atomic E-state index is 10.9. The van der Waals surface area contributed by atoms with E-state index in [1.54, 1.807) is 6.92 Å². The lowest BCUT2D eigenvalue weighted by molar-refractivity contribution is -0.384. The smallest absolute Gasteiger partial charge is 0.354 e. The number of carboxylic acid groups (broad SMARTS) is 1. The van der Waals surface area contributed by atoms with E-state index in [0.29, 0.717) is 0 Å². The molecular formula is C11H15N3O6. The minimum Gasteiger partial charge on any atom is -0.477 e. The van der Waals surface area contributed by atoms with E-state index in [-0.39, 0.29) is 17.9 Å². The standard InChI is InChI=1S/C11H15N3O6/c1-2-11(5-15,6-16)13-9-8(14(19)20)4-3-7(12-9)10(17)18/h3-4,15-16H,2,5-6H2,1H3,(H,12,13)(H,17,18). The highest BCUT2D eigenvalue weighted by Gasteiger charge is 2.30. The van der Waals surface area contributed by atoms with Crippen molar-refractivity contribution in [2.75, 3.05) is 18.5 Å². The van der Waals surface area contributed by atoms with E-state index in [4.69, 9.17) is 5.11 Å². The zero-order chi connectivity index (χ0) is 15.3. The summed E-state index contributed by atoms with van der Waals surface area (Å²) in [5, 5.41) is 40.9. The van der Waals surface area contributed by atoms with Crippen molar-refractivity contribution >= 4 is 17.5 Å². The molecule has 1 aromatic heterocycles. The Labute approximate surface area is 114 Å². The lowest BCUT2D eigenvalue weighted by atomic mass is 9.98. The van der Waals surface area contributed by atoms with E-state index in [1.165, 1.54) is 0 Å². The molecule has 0 radical (unpaired) electrons. The van der Waals surface area contributed by atoms with Crippen LogP contribution in [0.5, 0.6) is 0 Å². The molecule has 9 heteroatoms. The third kappa shape index (κ3) is 3.19. The first kappa shape index (κ1) is 15.8. The Morgan fingerprint density at radius 1 is 1.45 bits per heavy atom. The summed E-state index contributed by atoms with van der Waals surface area (Å²) < 4.78 is 0. The van der Waals surface area contributed by atoms with Gasteiger partial charge < -0.3 is 20.6 Å². The summed E-state index contributed by atoms with van der Waals surface area (Å²) in [5.41, 5.74) is -2.02.